The van der Waals surface area contributed by atoms with Crippen LogP contribution in [0.3, 0.4) is 0 Å². The minimum atomic E-state index is 0.526. The molecule has 0 saturated heterocycles. The monoisotopic (exact) mass is 169 g/mol. The predicted molar refractivity (Wildman–Crippen MR) is 51.9 cm³/mol. The molecule has 1 rings (SSSR count). The maximum absolute atomic E-state index is 5.27. The lowest BCUT2D eigenvalue weighted by atomic mass is 10.0. The van der Waals surface area contributed by atoms with E-state index in [9.17, 15) is 0 Å². The first-order valence-electron chi connectivity index (χ1n) is 4.75. The zero-order chi connectivity index (χ0) is 8.97. The first-order valence-corrected chi connectivity index (χ1v) is 4.75. The highest BCUT2D eigenvalue weighted by atomic mass is 15.3. The van der Waals surface area contributed by atoms with Crippen LogP contribution in [0.2, 0.25) is 0 Å². The maximum Gasteiger partial charge on any atom is 0.111 e. The van der Waals surface area contributed by atoms with Crippen molar-refractivity contribution in [2.24, 2.45) is 16.8 Å². The van der Waals surface area contributed by atoms with Gasteiger partial charge in [0.15, 0.2) is 0 Å². The third-order valence-electron chi connectivity index (χ3n) is 2.30. The number of amidine groups is 1. The van der Waals surface area contributed by atoms with Crippen LogP contribution < -0.4 is 11.3 Å². The summed E-state index contributed by atoms with van der Waals surface area (Å²) in [5.41, 5.74) is 2.63. The largest absolute Gasteiger partial charge is 0.312 e. The summed E-state index contributed by atoms with van der Waals surface area (Å²) in [7, 11) is 0. The van der Waals surface area contributed by atoms with Gasteiger partial charge < -0.3 is 5.43 Å². The summed E-state index contributed by atoms with van der Waals surface area (Å²) in [4.78, 5) is 4.46. The minimum Gasteiger partial charge on any atom is -0.312 e. The molecule has 0 aromatic rings. The number of aliphatic imine (C=N–C) groups is 1. The van der Waals surface area contributed by atoms with Crippen LogP contribution in [-0.4, -0.2) is 11.9 Å². The van der Waals surface area contributed by atoms with Gasteiger partial charge in [0, 0.05) is 6.42 Å². The average Bonchev–Trinajstić information content (AvgIpc) is 2.48. The minimum absolute atomic E-state index is 0.526. The second kappa shape index (κ2) is 4.45. The van der Waals surface area contributed by atoms with E-state index in [2.05, 4.69) is 24.3 Å². The first kappa shape index (κ1) is 9.52. The molecular formula is C9H19N3. The average molecular weight is 169 g/mol. The van der Waals surface area contributed by atoms with E-state index in [0.29, 0.717) is 6.04 Å². The van der Waals surface area contributed by atoms with Gasteiger partial charge in [-0.25, -0.2) is 5.84 Å². The smallest absolute Gasteiger partial charge is 0.111 e. The van der Waals surface area contributed by atoms with Gasteiger partial charge in [-0.1, -0.05) is 13.8 Å². The molecule has 1 unspecified atom stereocenters. The third kappa shape index (κ3) is 2.81. The molecule has 1 atom stereocenters. The molecular weight excluding hydrogens is 150 g/mol. The zero-order valence-electron chi connectivity index (χ0n) is 8.01. The Morgan fingerprint density at radius 3 is 2.92 bits per heavy atom. The number of nitrogens with one attached hydrogen (secondary N) is 1. The molecule has 70 valence electrons. The molecule has 3 nitrogen and oxygen atoms in total. The van der Waals surface area contributed by atoms with E-state index in [1.807, 2.05) is 0 Å². The highest BCUT2D eigenvalue weighted by Crippen LogP contribution is 2.18. The van der Waals surface area contributed by atoms with Crippen LogP contribution in [0.25, 0.3) is 0 Å². The van der Waals surface area contributed by atoms with Crippen LogP contribution in [0.4, 0.5) is 0 Å². The van der Waals surface area contributed by atoms with E-state index in [1.54, 1.807) is 0 Å². The molecule has 1 aliphatic heterocycles. The molecule has 3 N–H and O–H groups in total. The summed E-state index contributed by atoms with van der Waals surface area (Å²) in [6, 6.07) is 0.526. The number of hydrogen-bond acceptors (Lipinski definition) is 3. The van der Waals surface area contributed by atoms with Gasteiger partial charge in [-0.3, -0.25) is 4.99 Å². The SMILES string of the molecule is CC(C)CCC1CCC(NN)=N1. The molecule has 3 heteroatoms. The molecule has 0 saturated carbocycles. The topological polar surface area (TPSA) is 50.4 Å². The van der Waals surface area contributed by atoms with E-state index >= 15 is 0 Å². The van der Waals surface area contributed by atoms with Crippen molar-refractivity contribution in [2.45, 2.75) is 45.6 Å². The van der Waals surface area contributed by atoms with Crippen molar-refractivity contribution < 1.29 is 0 Å². The third-order valence-corrected chi connectivity index (χ3v) is 2.30. The van der Waals surface area contributed by atoms with Crippen molar-refractivity contribution in [3.8, 4) is 0 Å². The fourth-order valence-corrected chi connectivity index (χ4v) is 1.50. The number of nitrogens with zero attached hydrogens (tertiary/aromatic N) is 1. The van der Waals surface area contributed by atoms with Crippen LogP contribution in [0.5, 0.6) is 0 Å². The summed E-state index contributed by atoms with van der Waals surface area (Å²) >= 11 is 0. The number of hydrazine groups is 1. The molecule has 1 heterocycles. The highest BCUT2D eigenvalue weighted by Gasteiger charge is 2.16. The number of rotatable bonds is 3. The van der Waals surface area contributed by atoms with E-state index in [4.69, 9.17) is 5.84 Å². The predicted octanol–water partition coefficient (Wildman–Crippen LogP) is 1.45. The fraction of sp³-hybridized carbons (Fsp3) is 0.889. The highest BCUT2D eigenvalue weighted by molar-refractivity contribution is 5.83. The van der Waals surface area contributed by atoms with Crippen molar-refractivity contribution in [1.82, 2.24) is 5.43 Å². The molecule has 0 aliphatic carbocycles. The lowest BCUT2D eigenvalue weighted by molar-refractivity contribution is 0.497. The Morgan fingerprint density at radius 1 is 1.67 bits per heavy atom. The summed E-state index contributed by atoms with van der Waals surface area (Å²) < 4.78 is 0. The first-order chi connectivity index (χ1) is 5.72. The van der Waals surface area contributed by atoms with Crippen molar-refractivity contribution in [2.75, 3.05) is 0 Å². The standard InChI is InChI=1S/C9H19N3/c1-7(2)3-4-8-5-6-9(11-8)12-10/h7-8H,3-6,10H2,1-2H3,(H,11,12). The second-order valence-electron chi connectivity index (χ2n) is 3.88. The molecule has 0 radical (unpaired) electrons. The maximum atomic E-state index is 5.27. The Morgan fingerprint density at radius 2 is 2.42 bits per heavy atom. The van der Waals surface area contributed by atoms with E-state index < -0.39 is 0 Å². The molecule has 0 bridgehead atoms. The summed E-state index contributed by atoms with van der Waals surface area (Å²) in [5.74, 6) is 7.03. The fourth-order valence-electron chi connectivity index (χ4n) is 1.50. The van der Waals surface area contributed by atoms with Crippen LogP contribution in [0, 0.1) is 5.92 Å². The van der Waals surface area contributed by atoms with Crippen molar-refractivity contribution in [3.63, 3.8) is 0 Å². The molecule has 12 heavy (non-hydrogen) atoms. The van der Waals surface area contributed by atoms with E-state index in [-0.39, 0.29) is 0 Å². The Bertz CT molecular complexity index is 163. The number of hydrogen-bond donors (Lipinski definition) is 2. The van der Waals surface area contributed by atoms with E-state index in [1.165, 1.54) is 19.3 Å². The van der Waals surface area contributed by atoms with Gasteiger partial charge in [-0.2, -0.15) is 0 Å². The zero-order valence-corrected chi connectivity index (χ0v) is 8.01. The lowest BCUT2D eigenvalue weighted by Crippen LogP contribution is -2.28. The van der Waals surface area contributed by atoms with Crippen molar-refractivity contribution >= 4 is 5.84 Å². The summed E-state index contributed by atoms with van der Waals surface area (Å²) in [5, 5.41) is 0. The van der Waals surface area contributed by atoms with Crippen LogP contribution in [0.15, 0.2) is 4.99 Å². The van der Waals surface area contributed by atoms with E-state index in [0.717, 1.165) is 18.2 Å². The van der Waals surface area contributed by atoms with Gasteiger partial charge in [0.25, 0.3) is 0 Å². The van der Waals surface area contributed by atoms with Gasteiger partial charge in [0.05, 0.1) is 6.04 Å². The Kier molecular flexibility index (Phi) is 3.53. The van der Waals surface area contributed by atoms with Gasteiger partial charge in [0.1, 0.15) is 5.84 Å². The molecule has 0 fully saturated rings. The summed E-state index contributed by atoms with van der Waals surface area (Å²) in [6.45, 7) is 4.50. The molecule has 0 aromatic heterocycles. The van der Waals surface area contributed by atoms with Crippen LogP contribution in [-0.2, 0) is 0 Å². The molecule has 0 aromatic carbocycles. The van der Waals surface area contributed by atoms with Gasteiger partial charge in [0.2, 0.25) is 0 Å². The molecule has 0 amide bonds. The number of nitrogens with two attached hydrogens (primary N) is 1. The lowest BCUT2D eigenvalue weighted by Gasteiger charge is -2.07. The quantitative estimate of drug-likeness (QED) is 0.496. The Balaban J connectivity index is 2.22. The van der Waals surface area contributed by atoms with Crippen LogP contribution in [0.1, 0.15) is 39.5 Å². The van der Waals surface area contributed by atoms with Gasteiger partial charge in [-0.05, 0) is 25.2 Å². The Labute approximate surface area is 74.4 Å². The van der Waals surface area contributed by atoms with Crippen molar-refractivity contribution in [3.05, 3.63) is 0 Å². The van der Waals surface area contributed by atoms with Crippen molar-refractivity contribution in [1.29, 1.82) is 0 Å². The summed E-state index contributed by atoms with van der Waals surface area (Å²) in [6.07, 6.45) is 4.68. The molecule has 0 spiro atoms. The normalized spacial score (nSPS) is 23.0. The van der Waals surface area contributed by atoms with Crippen LogP contribution >= 0.6 is 0 Å². The molecule has 1 aliphatic rings. The van der Waals surface area contributed by atoms with Gasteiger partial charge >= 0.3 is 0 Å². The second-order valence-corrected chi connectivity index (χ2v) is 3.88. The van der Waals surface area contributed by atoms with Gasteiger partial charge in [-0.15, -0.1) is 0 Å². The Hall–Kier alpha value is -0.570.